The number of rotatable bonds is 8. The van der Waals surface area contributed by atoms with Crippen molar-refractivity contribution >= 4 is 56.5 Å². The van der Waals surface area contributed by atoms with Crippen molar-refractivity contribution in [2.24, 2.45) is 0 Å². The summed E-state index contributed by atoms with van der Waals surface area (Å²) in [5.41, 5.74) is 20.2. The average Bonchev–Trinajstić information content (AvgIpc) is 4.23. The van der Waals surface area contributed by atoms with Crippen molar-refractivity contribution in [3.63, 3.8) is 0 Å². The van der Waals surface area contributed by atoms with Crippen LogP contribution in [-0.4, -0.2) is 29.2 Å². The summed E-state index contributed by atoms with van der Waals surface area (Å²) < 4.78 is 4.24. The fraction of sp³-hybridized carbons (Fsp3) is 0.0278. The number of aromatic nitrogens is 6. The molecule has 0 aliphatic carbocycles. The minimum Gasteiger partial charge on any atom is -0.310 e. The van der Waals surface area contributed by atoms with Gasteiger partial charge in [-0.1, -0.05) is 206 Å². The lowest BCUT2D eigenvalue weighted by atomic mass is 9.62. The quantitative estimate of drug-likeness (QED) is 0.151. The molecule has 0 atom stereocenters. The maximum atomic E-state index is 4.91. The van der Waals surface area contributed by atoms with Gasteiger partial charge >= 0.3 is 0 Å². The first-order valence-corrected chi connectivity index (χ1v) is 27.1. The lowest BCUT2D eigenvalue weighted by molar-refractivity contribution is 0.731. The van der Waals surface area contributed by atoms with Crippen LogP contribution in [0.1, 0.15) is 44.5 Å². The molecule has 0 unspecified atom stereocenters. The van der Waals surface area contributed by atoms with E-state index in [0.717, 1.165) is 67.9 Å². The smallest absolute Gasteiger partial charge is 0.207 e. The van der Waals surface area contributed by atoms with Gasteiger partial charge in [0.1, 0.15) is 0 Å². The fourth-order valence-electron chi connectivity index (χ4n) is 13.4. The van der Waals surface area contributed by atoms with Gasteiger partial charge in [0.15, 0.2) is 11.6 Å². The van der Waals surface area contributed by atoms with E-state index >= 15 is 0 Å². The molecule has 14 aromatic rings. The van der Waals surface area contributed by atoms with Crippen LogP contribution in [0.4, 0.5) is 34.1 Å². The first-order valence-electron chi connectivity index (χ1n) is 27.1. The lowest BCUT2D eigenvalue weighted by Crippen LogP contribution is -2.37. The van der Waals surface area contributed by atoms with Gasteiger partial charge in [-0.2, -0.15) is 0 Å². The molecule has 11 aromatic carbocycles. The second-order valence-electron chi connectivity index (χ2n) is 20.7. The molecule has 0 spiro atoms. The first kappa shape index (κ1) is 45.5. The van der Waals surface area contributed by atoms with Crippen LogP contribution in [0.3, 0.4) is 0 Å². The maximum absolute atomic E-state index is 4.91. The highest BCUT2D eigenvalue weighted by Gasteiger charge is 2.48. The molecule has 3 aromatic heterocycles. The summed E-state index contributed by atoms with van der Waals surface area (Å²) in [6.07, 6.45) is 0. The van der Waals surface area contributed by atoms with E-state index in [1.807, 2.05) is 0 Å². The SMILES string of the molecule is c1ccc(C2(c3ccccc3)c3ccccc3N(c3ccc(-c4nnc5c6nnc(-c7ccc(N8c9ccccc9C(c9ccccc9)(c9ccccc9)c9ccccc98)cc7)n6c6ccccc6n45)cc3)c3ccccc32)cc1. The van der Waals surface area contributed by atoms with E-state index < -0.39 is 10.8 Å². The van der Waals surface area contributed by atoms with E-state index in [4.69, 9.17) is 20.4 Å². The van der Waals surface area contributed by atoms with Crippen LogP contribution in [0.15, 0.2) is 291 Å². The molecule has 0 radical (unpaired) electrons. The zero-order chi connectivity index (χ0) is 52.8. The van der Waals surface area contributed by atoms with Crippen molar-refractivity contribution in [2.45, 2.75) is 10.8 Å². The second kappa shape index (κ2) is 17.9. The third kappa shape index (κ3) is 6.44. The molecule has 5 heterocycles. The number of hydrogen-bond acceptors (Lipinski definition) is 6. The topological polar surface area (TPSA) is 66.9 Å². The Balaban J connectivity index is 0.781. The highest BCUT2D eigenvalue weighted by Crippen LogP contribution is 2.59. The van der Waals surface area contributed by atoms with E-state index in [1.54, 1.807) is 0 Å². The van der Waals surface area contributed by atoms with Gasteiger partial charge in [0, 0.05) is 22.5 Å². The Bertz CT molecular complexity index is 4170. The van der Waals surface area contributed by atoms with E-state index in [2.05, 4.69) is 310 Å². The Morgan fingerprint density at radius 1 is 0.237 bits per heavy atom. The molecule has 0 N–H and O–H groups in total. The van der Waals surface area contributed by atoms with Gasteiger partial charge < -0.3 is 9.80 Å². The Hall–Kier alpha value is -10.7. The largest absolute Gasteiger partial charge is 0.310 e. The third-order valence-corrected chi connectivity index (χ3v) is 16.7. The molecule has 2 aliphatic heterocycles. The van der Waals surface area contributed by atoms with Gasteiger partial charge in [0.05, 0.1) is 44.6 Å². The van der Waals surface area contributed by atoms with Crippen LogP contribution in [0, 0.1) is 0 Å². The molecule has 0 saturated heterocycles. The minimum atomic E-state index is -0.544. The molecule has 8 heteroatoms. The van der Waals surface area contributed by atoms with Crippen molar-refractivity contribution in [2.75, 3.05) is 9.80 Å². The van der Waals surface area contributed by atoms with Gasteiger partial charge in [-0.15, -0.1) is 20.4 Å². The van der Waals surface area contributed by atoms with Crippen molar-refractivity contribution < 1.29 is 0 Å². The molecule has 376 valence electrons. The van der Waals surface area contributed by atoms with Crippen molar-refractivity contribution in [3.05, 3.63) is 336 Å². The van der Waals surface area contributed by atoms with Crippen molar-refractivity contribution in [3.8, 4) is 22.8 Å². The Labute approximate surface area is 462 Å². The van der Waals surface area contributed by atoms with Gasteiger partial charge in [-0.05, 0) is 129 Å². The van der Waals surface area contributed by atoms with Crippen LogP contribution >= 0.6 is 0 Å². The standard InChI is InChI=1S/C72H48N8/c1-5-23-51(24-6-1)71(52-25-7-2-8-26-52)57-31-13-17-35-61(57)77(62-36-18-14-32-58(62)71)55-45-41-49(42-46-55)67-73-75-69-70-76-74-68(80(70)66-40-22-21-39-65(66)79(67)69)50-43-47-56(48-44-50)78-63-37-19-15-33-59(63)72(53-27-9-3-10-28-53,54-29-11-4-12-30-54)60-34-16-20-38-64(60)78/h1-48H. The third-order valence-electron chi connectivity index (χ3n) is 16.7. The summed E-state index contributed by atoms with van der Waals surface area (Å²) >= 11 is 0. The molecule has 0 saturated carbocycles. The van der Waals surface area contributed by atoms with Crippen LogP contribution in [0.25, 0.3) is 45.1 Å². The molecule has 0 amide bonds. The molecular weight excluding hydrogens is 977 g/mol. The number of nitrogens with zero attached hydrogens (tertiary/aromatic N) is 8. The van der Waals surface area contributed by atoms with Crippen molar-refractivity contribution in [1.29, 1.82) is 0 Å². The number of benzene rings is 11. The van der Waals surface area contributed by atoms with Gasteiger partial charge in [0.25, 0.3) is 0 Å². The number of anilines is 6. The van der Waals surface area contributed by atoms with Crippen LogP contribution in [0.5, 0.6) is 0 Å². The predicted molar refractivity (Wildman–Crippen MR) is 321 cm³/mol. The number of para-hydroxylation sites is 6. The van der Waals surface area contributed by atoms with E-state index in [9.17, 15) is 0 Å². The molecular formula is C72H48N8. The Morgan fingerprint density at radius 3 is 0.800 bits per heavy atom. The van der Waals surface area contributed by atoms with Gasteiger partial charge in [-0.3, -0.25) is 8.80 Å². The number of fused-ring (bicyclic) bond motifs is 10. The predicted octanol–water partition coefficient (Wildman–Crippen LogP) is 16.6. The van der Waals surface area contributed by atoms with Crippen LogP contribution in [0.2, 0.25) is 0 Å². The molecule has 0 fully saturated rings. The summed E-state index contributed by atoms with van der Waals surface area (Å²) in [5, 5.41) is 19.6. The molecule has 2 aliphatic rings. The lowest BCUT2D eigenvalue weighted by Gasteiger charge is -2.46. The molecule has 16 rings (SSSR count). The molecule has 80 heavy (non-hydrogen) atoms. The minimum absolute atomic E-state index is 0.544. The summed E-state index contributed by atoms with van der Waals surface area (Å²) in [6.45, 7) is 0. The zero-order valence-corrected chi connectivity index (χ0v) is 43.3. The highest BCUT2D eigenvalue weighted by atomic mass is 15.3. The van der Waals surface area contributed by atoms with Crippen LogP contribution < -0.4 is 9.80 Å². The zero-order valence-electron chi connectivity index (χ0n) is 43.3. The molecule has 8 nitrogen and oxygen atoms in total. The summed E-state index contributed by atoms with van der Waals surface area (Å²) in [6, 6.07) is 105. The van der Waals surface area contributed by atoms with Crippen LogP contribution in [-0.2, 0) is 10.8 Å². The Kier molecular flexibility index (Phi) is 10.2. The summed E-state index contributed by atoms with van der Waals surface area (Å²) in [4.78, 5) is 4.80. The Morgan fingerprint density at radius 2 is 0.500 bits per heavy atom. The number of hydrogen-bond donors (Lipinski definition) is 0. The first-order chi connectivity index (χ1) is 39.7. The normalized spacial score (nSPS) is 13.9. The molecule has 0 bridgehead atoms. The monoisotopic (exact) mass is 1020 g/mol. The summed E-state index contributed by atoms with van der Waals surface area (Å²) in [5.74, 6) is 1.44. The second-order valence-corrected chi connectivity index (χ2v) is 20.7. The maximum Gasteiger partial charge on any atom is 0.207 e. The average molecular weight is 1030 g/mol. The van der Waals surface area contributed by atoms with E-state index in [-0.39, 0.29) is 0 Å². The van der Waals surface area contributed by atoms with Gasteiger partial charge in [0.2, 0.25) is 11.3 Å². The van der Waals surface area contributed by atoms with Crippen molar-refractivity contribution in [1.82, 2.24) is 29.2 Å². The summed E-state index contributed by atoms with van der Waals surface area (Å²) in [7, 11) is 0. The van der Waals surface area contributed by atoms with Gasteiger partial charge in [-0.25, -0.2) is 0 Å². The highest BCUT2D eigenvalue weighted by molar-refractivity contribution is 5.93. The van der Waals surface area contributed by atoms with E-state index in [1.165, 1.54) is 44.5 Å². The fourth-order valence-corrected chi connectivity index (χ4v) is 13.4. The van der Waals surface area contributed by atoms with E-state index in [0.29, 0.717) is 11.3 Å².